The third-order valence-corrected chi connectivity index (χ3v) is 7.12. The molecule has 0 saturated carbocycles. The number of aliphatic imine (C=N–C) groups is 1. The molecule has 2 aliphatic heterocycles. The minimum Gasteiger partial charge on any atom is -0.485 e. The van der Waals surface area contributed by atoms with Crippen molar-refractivity contribution >= 4 is 17.6 Å². The van der Waals surface area contributed by atoms with Gasteiger partial charge in [-0.1, -0.05) is 68.4 Å². The highest BCUT2D eigenvalue weighted by Crippen LogP contribution is 2.50. The first kappa shape index (κ1) is 23.8. The van der Waals surface area contributed by atoms with E-state index in [0.29, 0.717) is 35.6 Å². The van der Waals surface area contributed by atoms with Crippen LogP contribution >= 0.6 is 0 Å². The van der Waals surface area contributed by atoms with Crippen molar-refractivity contribution in [1.29, 1.82) is 0 Å². The number of likely N-dealkylation sites (N-methyl/N-ethyl adjacent to an activating group) is 1. The molecular weight excluding hydrogens is 450 g/mol. The molecule has 2 unspecified atom stereocenters. The summed E-state index contributed by atoms with van der Waals surface area (Å²) in [5.74, 6) is 1.26. The van der Waals surface area contributed by atoms with Crippen molar-refractivity contribution in [3.63, 3.8) is 0 Å². The van der Waals surface area contributed by atoms with E-state index in [-0.39, 0.29) is 23.8 Å². The summed E-state index contributed by atoms with van der Waals surface area (Å²) in [6.07, 6.45) is 1.40. The fourth-order valence-corrected chi connectivity index (χ4v) is 5.01. The summed E-state index contributed by atoms with van der Waals surface area (Å²) in [7, 11) is 1.65. The van der Waals surface area contributed by atoms with Gasteiger partial charge in [-0.2, -0.15) is 0 Å². The van der Waals surface area contributed by atoms with Gasteiger partial charge in [0.15, 0.2) is 17.3 Å². The van der Waals surface area contributed by atoms with Crippen LogP contribution < -0.4 is 10.5 Å². The molecule has 0 aromatic heterocycles. The molecular formula is C30H31N3O3. The third-order valence-electron chi connectivity index (χ3n) is 7.12. The van der Waals surface area contributed by atoms with Gasteiger partial charge in [0.2, 0.25) is 0 Å². The van der Waals surface area contributed by atoms with E-state index in [9.17, 15) is 9.59 Å². The Morgan fingerprint density at radius 1 is 1.08 bits per heavy atom. The van der Waals surface area contributed by atoms with Crippen molar-refractivity contribution in [2.45, 2.75) is 44.8 Å². The van der Waals surface area contributed by atoms with Crippen LogP contribution in [-0.4, -0.2) is 29.6 Å². The highest BCUT2D eigenvalue weighted by Gasteiger charge is 2.53. The largest absolute Gasteiger partial charge is 0.485 e. The van der Waals surface area contributed by atoms with Crippen LogP contribution in [0, 0.1) is 5.92 Å². The number of carbonyl (C=O) groups excluding carboxylic acids is 2. The second-order valence-electron chi connectivity index (χ2n) is 10.1. The Bertz CT molecular complexity index is 1350. The number of nitrogens with two attached hydrogens (primary N) is 1. The van der Waals surface area contributed by atoms with E-state index in [1.807, 2.05) is 72.8 Å². The molecule has 0 bridgehead atoms. The lowest BCUT2D eigenvalue weighted by molar-refractivity contribution is -0.132. The summed E-state index contributed by atoms with van der Waals surface area (Å²) < 4.78 is 6.40. The molecule has 5 rings (SSSR count). The first-order valence-corrected chi connectivity index (χ1v) is 12.4. The SMILES string of the molecule is CC(C)CCC(=O)c1cccc(-c2ccc3c(c2)C2(CC(c4ccccc4)O3)N=C(N)N(C)C2=O)c1. The van der Waals surface area contributed by atoms with Crippen molar-refractivity contribution in [2.75, 3.05) is 7.05 Å². The molecule has 1 spiro atoms. The molecule has 36 heavy (non-hydrogen) atoms. The topological polar surface area (TPSA) is 85.0 Å². The van der Waals surface area contributed by atoms with Crippen molar-refractivity contribution in [3.05, 3.63) is 89.5 Å². The molecule has 0 aliphatic carbocycles. The monoisotopic (exact) mass is 481 g/mol. The Morgan fingerprint density at radius 2 is 1.83 bits per heavy atom. The lowest BCUT2D eigenvalue weighted by Crippen LogP contribution is -2.43. The molecule has 2 heterocycles. The second-order valence-corrected chi connectivity index (χ2v) is 10.1. The number of benzene rings is 3. The number of hydrogen-bond donors (Lipinski definition) is 1. The molecule has 6 heteroatoms. The number of Topliss-reactive ketones (excluding diaryl/α,β-unsaturated/α-hetero) is 1. The normalized spacial score (nSPS) is 20.9. The zero-order valence-electron chi connectivity index (χ0n) is 20.9. The molecule has 3 aromatic rings. The zero-order valence-corrected chi connectivity index (χ0v) is 20.9. The standard InChI is InChI=1S/C30H31N3O3/c1-19(2)12-14-25(34)23-11-7-10-21(16-23)22-13-15-26-24(17-22)30(28(35)33(3)29(31)32-30)18-27(36-26)20-8-5-4-6-9-20/h4-11,13,15-17,19,27H,12,14,18H2,1-3H3,(H2,31,32). The molecule has 3 aromatic carbocycles. The van der Waals surface area contributed by atoms with E-state index in [4.69, 9.17) is 15.5 Å². The Labute approximate surface area is 211 Å². The van der Waals surface area contributed by atoms with E-state index in [2.05, 4.69) is 13.8 Å². The summed E-state index contributed by atoms with van der Waals surface area (Å²) in [5.41, 5.74) is 9.16. The van der Waals surface area contributed by atoms with Crippen molar-refractivity contribution < 1.29 is 14.3 Å². The predicted molar refractivity (Wildman–Crippen MR) is 141 cm³/mol. The number of ether oxygens (including phenoxy) is 1. The number of fused-ring (bicyclic) bond motifs is 2. The minimum atomic E-state index is -1.16. The van der Waals surface area contributed by atoms with Gasteiger partial charge in [-0.05, 0) is 47.2 Å². The number of amides is 1. The van der Waals surface area contributed by atoms with Crippen LogP contribution in [0.1, 0.15) is 60.7 Å². The van der Waals surface area contributed by atoms with Gasteiger partial charge in [0.25, 0.3) is 5.91 Å². The number of carbonyl (C=O) groups is 2. The van der Waals surface area contributed by atoms with E-state index < -0.39 is 5.54 Å². The molecule has 184 valence electrons. The van der Waals surface area contributed by atoms with E-state index in [1.165, 1.54) is 4.90 Å². The highest BCUT2D eigenvalue weighted by atomic mass is 16.5. The van der Waals surface area contributed by atoms with Crippen LogP contribution in [0.4, 0.5) is 0 Å². The van der Waals surface area contributed by atoms with Crippen LogP contribution in [0.3, 0.4) is 0 Å². The zero-order chi connectivity index (χ0) is 25.4. The number of guanidine groups is 1. The van der Waals surface area contributed by atoms with E-state index in [1.54, 1.807) is 7.05 Å². The maximum Gasteiger partial charge on any atom is 0.261 e. The van der Waals surface area contributed by atoms with Gasteiger partial charge in [0.05, 0.1) is 0 Å². The van der Waals surface area contributed by atoms with Gasteiger partial charge >= 0.3 is 0 Å². The number of rotatable bonds is 6. The summed E-state index contributed by atoms with van der Waals surface area (Å²) in [4.78, 5) is 32.5. The Hall–Kier alpha value is -3.93. The fourth-order valence-electron chi connectivity index (χ4n) is 5.01. The number of hydrogen-bond acceptors (Lipinski definition) is 5. The average molecular weight is 482 g/mol. The van der Waals surface area contributed by atoms with Gasteiger partial charge < -0.3 is 10.5 Å². The Balaban J connectivity index is 1.56. The quantitative estimate of drug-likeness (QED) is 0.473. The Kier molecular flexibility index (Phi) is 6.12. The van der Waals surface area contributed by atoms with Gasteiger partial charge in [0, 0.05) is 31.0 Å². The molecule has 2 atom stereocenters. The van der Waals surface area contributed by atoms with Crippen LogP contribution in [0.2, 0.25) is 0 Å². The number of nitrogens with zero attached hydrogens (tertiary/aromatic N) is 2. The molecule has 2 aliphatic rings. The first-order chi connectivity index (χ1) is 17.3. The summed E-state index contributed by atoms with van der Waals surface area (Å²) in [5, 5.41) is 0. The second kappa shape index (κ2) is 9.26. The highest BCUT2D eigenvalue weighted by molar-refractivity contribution is 6.07. The van der Waals surface area contributed by atoms with Crippen LogP contribution in [0.15, 0.2) is 77.8 Å². The van der Waals surface area contributed by atoms with E-state index >= 15 is 0 Å². The van der Waals surface area contributed by atoms with Crippen molar-refractivity contribution in [2.24, 2.45) is 16.6 Å². The van der Waals surface area contributed by atoms with Gasteiger partial charge in [-0.15, -0.1) is 0 Å². The van der Waals surface area contributed by atoms with Gasteiger partial charge in [-0.25, -0.2) is 4.99 Å². The smallest absolute Gasteiger partial charge is 0.261 e. The first-order valence-electron chi connectivity index (χ1n) is 12.4. The maximum absolute atomic E-state index is 13.6. The summed E-state index contributed by atoms with van der Waals surface area (Å²) >= 11 is 0. The van der Waals surface area contributed by atoms with Crippen molar-refractivity contribution in [1.82, 2.24) is 4.90 Å². The molecule has 1 amide bonds. The van der Waals surface area contributed by atoms with Crippen molar-refractivity contribution in [3.8, 4) is 16.9 Å². The molecule has 0 radical (unpaired) electrons. The molecule has 2 N–H and O–H groups in total. The van der Waals surface area contributed by atoms with Crippen LogP contribution in [-0.2, 0) is 10.3 Å². The summed E-state index contributed by atoms with van der Waals surface area (Å²) in [6.45, 7) is 4.24. The molecule has 0 fully saturated rings. The molecule has 0 saturated heterocycles. The maximum atomic E-state index is 13.6. The minimum absolute atomic E-state index is 0.138. The predicted octanol–water partition coefficient (Wildman–Crippen LogP) is 5.48. The lowest BCUT2D eigenvalue weighted by atomic mass is 9.79. The summed E-state index contributed by atoms with van der Waals surface area (Å²) in [6, 6.07) is 23.3. The lowest BCUT2D eigenvalue weighted by Gasteiger charge is -2.37. The third kappa shape index (κ3) is 4.17. The fraction of sp³-hybridized carbons (Fsp3) is 0.300. The van der Waals surface area contributed by atoms with Crippen LogP contribution in [0.25, 0.3) is 11.1 Å². The van der Waals surface area contributed by atoms with Gasteiger partial charge in [-0.3, -0.25) is 14.5 Å². The number of ketones is 1. The molecule has 6 nitrogen and oxygen atoms in total. The Morgan fingerprint density at radius 3 is 2.53 bits per heavy atom. The average Bonchev–Trinajstić information content (AvgIpc) is 3.11. The van der Waals surface area contributed by atoms with E-state index in [0.717, 1.165) is 23.1 Å². The van der Waals surface area contributed by atoms with Gasteiger partial charge in [0.1, 0.15) is 11.9 Å². The van der Waals surface area contributed by atoms with Crippen LogP contribution in [0.5, 0.6) is 5.75 Å².